The summed E-state index contributed by atoms with van der Waals surface area (Å²) >= 11 is 23.3. The van der Waals surface area contributed by atoms with Gasteiger partial charge in [0.1, 0.15) is 10.0 Å². The van der Waals surface area contributed by atoms with E-state index in [2.05, 4.69) is 10.3 Å². The van der Waals surface area contributed by atoms with Crippen molar-refractivity contribution < 1.29 is 0 Å². The lowest BCUT2D eigenvalue weighted by molar-refractivity contribution is 0.874. The molecule has 0 spiro atoms. The van der Waals surface area contributed by atoms with Crippen LogP contribution in [0.2, 0.25) is 20.4 Å². The molecule has 0 unspecified atom stereocenters. The van der Waals surface area contributed by atoms with E-state index in [9.17, 15) is 0 Å². The number of nitrogens with zero attached hydrogens (tertiary/aromatic N) is 1. The first kappa shape index (κ1) is 16.4. The second kappa shape index (κ2) is 7.64. The molecule has 0 atom stereocenters. The Morgan fingerprint density at radius 1 is 1.06 bits per heavy atom. The van der Waals surface area contributed by atoms with Crippen molar-refractivity contribution in [2.24, 2.45) is 5.73 Å². The Labute approximate surface area is 120 Å². The van der Waals surface area contributed by atoms with Crippen LogP contribution in [0.1, 0.15) is 6.42 Å². The van der Waals surface area contributed by atoms with Crippen LogP contribution in [-0.2, 0) is 0 Å². The molecule has 0 aliphatic carbocycles. The van der Waals surface area contributed by atoms with Crippen molar-refractivity contribution in [3.05, 3.63) is 20.4 Å². The predicted octanol–water partition coefficient (Wildman–Crippen LogP) is 3.88. The summed E-state index contributed by atoms with van der Waals surface area (Å²) in [5.74, 6) is 0. The lowest BCUT2D eigenvalue weighted by Gasteiger charge is -2.11. The van der Waals surface area contributed by atoms with Crippen molar-refractivity contribution in [3.8, 4) is 0 Å². The van der Waals surface area contributed by atoms with Gasteiger partial charge in [-0.2, -0.15) is 0 Å². The summed E-state index contributed by atoms with van der Waals surface area (Å²) in [5.41, 5.74) is 5.86. The Bertz CT molecular complexity index is 332. The molecule has 0 aliphatic rings. The highest BCUT2D eigenvalue weighted by molar-refractivity contribution is 6.48. The Hall–Kier alpha value is 0.360. The number of hydrogen-bond donors (Lipinski definition) is 2. The number of pyridine rings is 1. The number of aromatic nitrogens is 1. The molecule has 0 fully saturated rings. The monoisotopic (exact) mass is 323 g/mol. The van der Waals surface area contributed by atoms with Gasteiger partial charge in [-0.1, -0.05) is 46.4 Å². The molecular formula is C8H10Cl5N3. The first-order chi connectivity index (χ1) is 7.07. The average Bonchev–Trinajstić information content (AvgIpc) is 2.20. The second-order valence-corrected chi connectivity index (χ2v) is 4.24. The molecule has 0 saturated carbocycles. The van der Waals surface area contributed by atoms with E-state index in [1.165, 1.54) is 0 Å². The van der Waals surface area contributed by atoms with Crippen molar-refractivity contribution in [1.82, 2.24) is 4.98 Å². The summed E-state index contributed by atoms with van der Waals surface area (Å²) in [4.78, 5) is 3.76. The van der Waals surface area contributed by atoms with E-state index < -0.39 is 0 Å². The first-order valence-corrected chi connectivity index (χ1v) is 5.73. The first-order valence-electron chi connectivity index (χ1n) is 4.21. The van der Waals surface area contributed by atoms with Crippen LogP contribution in [0.4, 0.5) is 5.69 Å². The zero-order chi connectivity index (χ0) is 11.4. The van der Waals surface area contributed by atoms with Crippen molar-refractivity contribution in [2.45, 2.75) is 6.42 Å². The van der Waals surface area contributed by atoms with Crippen LogP contribution in [0.5, 0.6) is 0 Å². The van der Waals surface area contributed by atoms with Gasteiger partial charge in [-0.05, 0) is 13.0 Å². The molecule has 16 heavy (non-hydrogen) atoms. The summed E-state index contributed by atoms with van der Waals surface area (Å²) in [6.07, 6.45) is 0.796. The van der Waals surface area contributed by atoms with E-state index in [4.69, 9.17) is 52.1 Å². The number of nitrogens with one attached hydrogen (secondary N) is 1. The van der Waals surface area contributed by atoms with E-state index in [1.54, 1.807) is 0 Å². The van der Waals surface area contributed by atoms with Gasteiger partial charge in [0.05, 0.1) is 5.69 Å². The van der Waals surface area contributed by atoms with E-state index >= 15 is 0 Å². The van der Waals surface area contributed by atoms with Gasteiger partial charge in [0.25, 0.3) is 0 Å². The normalized spacial score (nSPS) is 9.81. The lowest BCUT2D eigenvalue weighted by Crippen LogP contribution is -2.09. The molecule has 0 saturated heterocycles. The number of hydrogen-bond acceptors (Lipinski definition) is 3. The minimum absolute atomic E-state index is 0. The molecular weight excluding hydrogens is 315 g/mol. The third-order valence-corrected chi connectivity index (χ3v) is 3.16. The molecule has 8 heteroatoms. The number of halogens is 5. The Morgan fingerprint density at radius 3 is 2.00 bits per heavy atom. The zero-order valence-electron chi connectivity index (χ0n) is 8.07. The number of anilines is 1. The van der Waals surface area contributed by atoms with Crippen molar-refractivity contribution >= 4 is 64.5 Å². The Kier molecular flexibility index (Phi) is 7.81. The van der Waals surface area contributed by atoms with E-state index in [0.717, 1.165) is 6.42 Å². The quantitative estimate of drug-likeness (QED) is 0.652. The zero-order valence-corrected chi connectivity index (χ0v) is 11.9. The summed E-state index contributed by atoms with van der Waals surface area (Å²) in [6, 6.07) is 0. The average molecular weight is 325 g/mol. The van der Waals surface area contributed by atoms with Gasteiger partial charge in [-0.25, -0.2) is 4.98 Å². The minimum Gasteiger partial charge on any atom is -0.382 e. The van der Waals surface area contributed by atoms with Crippen LogP contribution in [0.15, 0.2) is 0 Å². The summed E-state index contributed by atoms with van der Waals surface area (Å²) in [5, 5.41) is 3.80. The SMILES string of the molecule is Cl.NCCCNc1c(Cl)c(Cl)nc(Cl)c1Cl. The number of rotatable bonds is 4. The molecule has 92 valence electrons. The highest BCUT2D eigenvalue weighted by atomic mass is 35.5. The topological polar surface area (TPSA) is 50.9 Å². The van der Waals surface area contributed by atoms with Crippen LogP contribution in [0.3, 0.4) is 0 Å². The van der Waals surface area contributed by atoms with Crippen LogP contribution in [0, 0.1) is 0 Å². The van der Waals surface area contributed by atoms with Crippen LogP contribution >= 0.6 is 58.8 Å². The van der Waals surface area contributed by atoms with E-state index in [1.807, 2.05) is 0 Å². The second-order valence-electron chi connectivity index (χ2n) is 2.77. The fourth-order valence-electron chi connectivity index (χ4n) is 0.958. The van der Waals surface area contributed by atoms with Crippen molar-refractivity contribution in [2.75, 3.05) is 18.4 Å². The van der Waals surface area contributed by atoms with E-state index in [0.29, 0.717) is 18.8 Å². The molecule has 0 bridgehead atoms. The van der Waals surface area contributed by atoms with Crippen molar-refractivity contribution in [1.29, 1.82) is 0 Å². The van der Waals surface area contributed by atoms with Gasteiger partial charge in [-0.3, -0.25) is 0 Å². The molecule has 3 nitrogen and oxygen atoms in total. The predicted molar refractivity (Wildman–Crippen MR) is 73.7 cm³/mol. The molecule has 1 aromatic rings. The summed E-state index contributed by atoms with van der Waals surface area (Å²) in [6.45, 7) is 1.22. The smallest absolute Gasteiger partial charge is 0.151 e. The van der Waals surface area contributed by atoms with Gasteiger partial charge < -0.3 is 11.1 Å². The summed E-state index contributed by atoms with van der Waals surface area (Å²) in [7, 11) is 0. The fraction of sp³-hybridized carbons (Fsp3) is 0.375. The molecule has 0 aromatic carbocycles. The van der Waals surface area contributed by atoms with Gasteiger partial charge >= 0.3 is 0 Å². The maximum atomic E-state index is 5.92. The minimum atomic E-state index is 0. The summed E-state index contributed by atoms with van der Waals surface area (Å²) < 4.78 is 0. The molecule has 0 aliphatic heterocycles. The van der Waals surface area contributed by atoms with E-state index in [-0.39, 0.29) is 32.8 Å². The van der Waals surface area contributed by atoms with Crippen molar-refractivity contribution in [3.63, 3.8) is 0 Å². The molecule has 3 N–H and O–H groups in total. The van der Waals surface area contributed by atoms with Gasteiger partial charge in [0.2, 0.25) is 0 Å². The fourth-order valence-corrected chi connectivity index (χ4v) is 1.81. The lowest BCUT2D eigenvalue weighted by atomic mass is 10.3. The highest BCUT2D eigenvalue weighted by Gasteiger charge is 2.14. The van der Waals surface area contributed by atoms with Gasteiger partial charge in [0.15, 0.2) is 10.3 Å². The maximum absolute atomic E-state index is 5.92. The molecule has 0 amide bonds. The molecule has 0 radical (unpaired) electrons. The Morgan fingerprint density at radius 2 is 1.56 bits per heavy atom. The Balaban J connectivity index is 0.00000225. The third-order valence-electron chi connectivity index (χ3n) is 1.68. The van der Waals surface area contributed by atoms with Gasteiger partial charge in [0, 0.05) is 6.54 Å². The van der Waals surface area contributed by atoms with Crippen LogP contribution in [0.25, 0.3) is 0 Å². The maximum Gasteiger partial charge on any atom is 0.151 e. The highest BCUT2D eigenvalue weighted by Crippen LogP contribution is 2.38. The standard InChI is InChI=1S/C8H9Cl4N3.ClH/c9-4-6(14-3-1-2-13)5(10)8(12)15-7(4)11;/h1-3,13H2,(H,14,15);1H. The number of nitrogens with two attached hydrogens (primary N) is 1. The largest absolute Gasteiger partial charge is 0.382 e. The molecule has 1 rings (SSSR count). The van der Waals surface area contributed by atoms with Gasteiger partial charge in [-0.15, -0.1) is 12.4 Å². The molecule has 1 heterocycles. The third kappa shape index (κ3) is 3.99. The van der Waals surface area contributed by atoms with Crippen LogP contribution < -0.4 is 11.1 Å². The molecule has 1 aromatic heterocycles. The van der Waals surface area contributed by atoms with Crippen LogP contribution in [-0.4, -0.2) is 18.1 Å².